The molecule has 0 heterocycles. The van der Waals surface area contributed by atoms with E-state index in [4.69, 9.17) is 20.4 Å². The summed E-state index contributed by atoms with van der Waals surface area (Å²) < 4.78 is 0. The second-order valence-corrected chi connectivity index (χ2v) is 2.95. The zero-order chi connectivity index (χ0) is 11.3. The van der Waals surface area contributed by atoms with E-state index < -0.39 is 37.1 Å². The summed E-state index contributed by atoms with van der Waals surface area (Å²) in [7, 11) is 0. The molecule has 0 aliphatic rings. The van der Waals surface area contributed by atoms with Crippen molar-refractivity contribution in [2.24, 2.45) is 0 Å². The number of rotatable bonds is 6. The van der Waals surface area contributed by atoms with Gasteiger partial charge in [-0.2, -0.15) is 0 Å². The van der Waals surface area contributed by atoms with E-state index in [2.05, 4.69) is 6.58 Å². The third-order valence-electron chi connectivity index (χ3n) is 1.87. The molecule has 0 radical (unpaired) electrons. The number of aliphatic hydroxyl groups is 6. The molecule has 0 aliphatic carbocycles. The molecular weight excluding hydrogens is 192 g/mol. The number of hydrogen-bond donors (Lipinski definition) is 6. The predicted octanol–water partition coefficient (Wildman–Crippen LogP) is -3.03. The van der Waals surface area contributed by atoms with Crippen LogP contribution in [0.3, 0.4) is 0 Å². The maximum Gasteiger partial charge on any atom is 0.112 e. The van der Waals surface area contributed by atoms with E-state index in [1.165, 1.54) is 0 Å². The molecule has 4 unspecified atom stereocenters. The van der Waals surface area contributed by atoms with Gasteiger partial charge in [0.2, 0.25) is 0 Å². The Morgan fingerprint density at radius 1 is 0.929 bits per heavy atom. The maximum atomic E-state index is 9.21. The summed E-state index contributed by atoms with van der Waals surface area (Å²) in [4.78, 5) is 0. The van der Waals surface area contributed by atoms with Crippen LogP contribution in [-0.4, -0.2) is 67.8 Å². The van der Waals surface area contributed by atoms with Crippen molar-refractivity contribution in [1.82, 2.24) is 0 Å². The fourth-order valence-corrected chi connectivity index (χ4v) is 0.879. The van der Waals surface area contributed by atoms with E-state index in [9.17, 15) is 10.2 Å². The Hall–Kier alpha value is -0.500. The van der Waals surface area contributed by atoms with Crippen LogP contribution in [0.5, 0.6) is 0 Å². The fraction of sp³-hybridized carbons (Fsp3) is 0.750. The SMILES string of the molecule is C=CC(O)C(O)C(O)C(O)[C@H](O)CO. The van der Waals surface area contributed by atoms with Gasteiger partial charge in [0.1, 0.15) is 30.5 Å². The lowest BCUT2D eigenvalue weighted by molar-refractivity contribution is -0.133. The Morgan fingerprint density at radius 3 is 1.79 bits per heavy atom. The molecule has 0 aromatic heterocycles. The number of aliphatic hydroxyl groups excluding tert-OH is 6. The van der Waals surface area contributed by atoms with Crippen molar-refractivity contribution in [3.05, 3.63) is 12.7 Å². The van der Waals surface area contributed by atoms with Crippen molar-refractivity contribution >= 4 is 0 Å². The second kappa shape index (κ2) is 6.07. The van der Waals surface area contributed by atoms with Crippen LogP contribution in [0.2, 0.25) is 0 Å². The zero-order valence-electron chi connectivity index (χ0n) is 7.56. The Morgan fingerprint density at radius 2 is 1.43 bits per heavy atom. The highest BCUT2D eigenvalue weighted by Crippen LogP contribution is 2.08. The van der Waals surface area contributed by atoms with Crippen molar-refractivity contribution in [2.45, 2.75) is 30.5 Å². The fourth-order valence-electron chi connectivity index (χ4n) is 0.879. The molecule has 0 aromatic rings. The third-order valence-corrected chi connectivity index (χ3v) is 1.87. The smallest absolute Gasteiger partial charge is 0.112 e. The van der Waals surface area contributed by atoms with Gasteiger partial charge in [-0.05, 0) is 0 Å². The second-order valence-electron chi connectivity index (χ2n) is 2.95. The molecule has 5 atom stereocenters. The van der Waals surface area contributed by atoms with E-state index >= 15 is 0 Å². The molecular formula is C8H16O6. The zero-order valence-corrected chi connectivity index (χ0v) is 7.56. The molecule has 0 aliphatic heterocycles. The van der Waals surface area contributed by atoms with Gasteiger partial charge in [-0.3, -0.25) is 0 Å². The normalized spacial score (nSPS) is 22.1. The summed E-state index contributed by atoms with van der Waals surface area (Å²) >= 11 is 0. The average molecular weight is 208 g/mol. The summed E-state index contributed by atoms with van der Waals surface area (Å²) in [5, 5.41) is 53.9. The van der Waals surface area contributed by atoms with Gasteiger partial charge in [-0.15, -0.1) is 6.58 Å². The molecule has 0 amide bonds. The van der Waals surface area contributed by atoms with Crippen LogP contribution in [0.4, 0.5) is 0 Å². The summed E-state index contributed by atoms with van der Waals surface area (Å²) in [6.07, 6.45) is -7.16. The minimum absolute atomic E-state index is 0.755. The molecule has 0 spiro atoms. The first-order valence-electron chi connectivity index (χ1n) is 4.09. The van der Waals surface area contributed by atoms with Crippen LogP contribution < -0.4 is 0 Å². The van der Waals surface area contributed by atoms with Crippen LogP contribution >= 0.6 is 0 Å². The van der Waals surface area contributed by atoms with Gasteiger partial charge in [0.15, 0.2) is 0 Å². The molecule has 0 rings (SSSR count). The van der Waals surface area contributed by atoms with E-state index in [-0.39, 0.29) is 0 Å². The molecule has 0 aromatic carbocycles. The van der Waals surface area contributed by atoms with Gasteiger partial charge in [0.25, 0.3) is 0 Å². The Kier molecular flexibility index (Phi) is 5.86. The average Bonchev–Trinajstić information content (AvgIpc) is 2.23. The molecule has 6 nitrogen and oxygen atoms in total. The quantitative estimate of drug-likeness (QED) is 0.258. The van der Waals surface area contributed by atoms with Crippen LogP contribution in [0.1, 0.15) is 0 Å². The van der Waals surface area contributed by atoms with Crippen molar-refractivity contribution in [3.8, 4) is 0 Å². The van der Waals surface area contributed by atoms with Gasteiger partial charge in [-0.1, -0.05) is 6.08 Å². The Bertz CT molecular complexity index is 173. The lowest BCUT2D eigenvalue weighted by atomic mass is 9.99. The van der Waals surface area contributed by atoms with Gasteiger partial charge in [0, 0.05) is 0 Å². The van der Waals surface area contributed by atoms with Gasteiger partial charge in [0.05, 0.1) is 6.61 Å². The standard InChI is InChI=1S/C8H16O6/c1-2-4(10)6(12)8(14)7(13)5(11)3-9/h2,4-14H,1,3H2/t4?,5-,6?,7?,8?/m1/s1. The highest BCUT2D eigenvalue weighted by molar-refractivity contribution is 4.91. The molecule has 0 saturated carbocycles. The van der Waals surface area contributed by atoms with Crippen LogP contribution in [0.15, 0.2) is 12.7 Å². The van der Waals surface area contributed by atoms with Crippen molar-refractivity contribution < 1.29 is 30.6 Å². The molecule has 6 N–H and O–H groups in total. The predicted molar refractivity (Wildman–Crippen MR) is 47.3 cm³/mol. The minimum Gasteiger partial charge on any atom is -0.394 e. The largest absolute Gasteiger partial charge is 0.394 e. The summed E-state index contributed by atoms with van der Waals surface area (Å²) in [5.41, 5.74) is 0. The van der Waals surface area contributed by atoms with Crippen molar-refractivity contribution in [1.29, 1.82) is 0 Å². The first kappa shape index (κ1) is 13.5. The van der Waals surface area contributed by atoms with E-state index in [1.807, 2.05) is 0 Å². The molecule has 84 valence electrons. The summed E-state index contributed by atoms with van der Waals surface area (Å²) in [6.45, 7) is 2.42. The van der Waals surface area contributed by atoms with Gasteiger partial charge < -0.3 is 30.6 Å². The summed E-state index contributed by atoms with van der Waals surface area (Å²) in [5.74, 6) is 0. The van der Waals surface area contributed by atoms with Crippen LogP contribution in [0, 0.1) is 0 Å². The maximum absolute atomic E-state index is 9.21. The van der Waals surface area contributed by atoms with E-state index in [0.717, 1.165) is 6.08 Å². The van der Waals surface area contributed by atoms with Crippen molar-refractivity contribution in [2.75, 3.05) is 6.61 Å². The van der Waals surface area contributed by atoms with Crippen LogP contribution in [-0.2, 0) is 0 Å². The molecule has 0 saturated heterocycles. The van der Waals surface area contributed by atoms with Gasteiger partial charge >= 0.3 is 0 Å². The molecule has 6 heteroatoms. The summed E-state index contributed by atoms with van der Waals surface area (Å²) in [6, 6.07) is 0. The molecule has 0 fully saturated rings. The van der Waals surface area contributed by atoms with Gasteiger partial charge in [-0.25, -0.2) is 0 Å². The van der Waals surface area contributed by atoms with E-state index in [1.54, 1.807) is 0 Å². The first-order chi connectivity index (χ1) is 6.45. The molecule has 0 bridgehead atoms. The topological polar surface area (TPSA) is 121 Å². The highest BCUT2D eigenvalue weighted by Gasteiger charge is 2.32. The number of hydrogen-bond acceptors (Lipinski definition) is 6. The lowest BCUT2D eigenvalue weighted by Gasteiger charge is -2.27. The highest BCUT2D eigenvalue weighted by atomic mass is 16.4. The molecule has 14 heavy (non-hydrogen) atoms. The Balaban J connectivity index is 4.29. The Labute approximate surface area is 81.4 Å². The minimum atomic E-state index is -1.76. The first-order valence-corrected chi connectivity index (χ1v) is 4.09. The monoisotopic (exact) mass is 208 g/mol. The van der Waals surface area contributed by atoms with Crippen molar-refractivity contribution in [3.63, 3.8) is 0 Å². The van der Waals surface area contributed by atoms with Crippen LogP contribution in [0.25, 0.3) is 0 Å². The third kappa shape index (κ3) is 3.33. The van der Waals surface area contributed by atoms with E-state index in [0.29, 0.717) is 0 Å². The lowest BCUT2D eigenvalue weighted by Crippen LogP contribution is -2.49.